The highest BCUT2D eigenvalue weighted by molar-refractivity contribution is 5.85. The first kappa shape index (κ1) is 22.9. The second kappa shape index (κ2) is 10.7. The third-order valence-corrected chi connectivity index (χ3v) is 5.04. The first-order valence-electron chi connectivity index (χ1n) is 8.37. The van der Waals surface area contributed by atoms with Gasteiger partial charge in [0.2, 0.25) is 5.91 Å². The molecule has 1 amide bonds. The lowest BCUT2D eigenvalue weighted by Gasteiger charge is -2.37. The average Bonchev–Trinajstić information content (AvgIpc) is 2.95. The van der Waals surface area contributed by atoms with Crippen LogP contribution in [0.1, 0.15) is 32.6 Å². The van der Waals surface area contributed by atoms with Crippen molar-refractivity contribution in [3.05, 3.63) is 0 Å². The Morgan fingerprint density at radius 3 is 2.57 bits per heavy atom. The van der Waals surface area contributed by atoms with Gasteiger partial charge in [-0.1, -0.05) is 6.92 Å². The van der Waals surface area contributed by atoms with Gasteiger partial charge in [0.1, 0.15) is 0 Å². The van der Waals surface area contributed by atoms with Crippen LogP contribution < -0.4 is 5.73 Å². The van der Waals surface area contributed by atoms with Gasteiger partial charge < -0.3 is 20.3 Å². The Labute approximate surface area is 153 Å². The fraction of sp³-hybridized carbons (Fsp3) is 0.938. The number of nitrogens with zero attached hydrogens (tertiary/aromatic N) is 2. The molecule has 2 aliphatic heterocycles. The smallest absolute Gasteiger partial charge is 0.230 e. The molecule has 23 heavy (non-hydrogen) atoms. The Morgan fingerprint density at radius 1 is 1.35 bits per heavy atom. The van der Waals surface area contributed by atoms with Crippen molar-refractivity contribution in [3.63, 3.8) is 0 Å². The number of halogens is 2. The number of carbonyl (C=O) groups excluding carboxylic acids is 1. The highest BCUT2D eigenvalue weighted by Gasteiger charge is 2.43. The summed E-state index contributed by atoms with van der Waals surface area (Å²) < 4.78 is 5.41. The molecular formula is C16H33Cl2N3O2. The number of hydrogen-bond acceptors (Lipinski definition) is 4. The topological polar surface area (TPSA) is 58.8 Å². The molecular weight excluding hydrogens is 337 g/mol. The Bertz CT molecular complexity index is 352. The van der Waals surface area contributed by atoms with Gasteiger partial charge in [-0.2, -0.15) is 0 Å². The molecule has 2 heterocycles. The Hall–Kier alpha value is -0.0700. The summed E-state index contributed by atoms with van der Waals surface area (Å²) in [5, 5.41) is 0. The molecule has 1 unspecified atom stereocenters. The number of hydrogen-bond donors (Lipinski definition) is 1. The first-order valence-corrected chi connectivity index (χ1v) is 8.37. The molecule has 0 aromatic rings. The van der Waals surface area contributed by atoms with E-state index in [4.69, 9.17) is 10.5 Å². The number of rotatable bonds is 6. The zero-order valence-corrected chi connectivity index (χ0v) is 16.1. The Morgan fingerprint density at radius 2 is 2.00 bits per heavy atom. The zero-order chi connectivity index (χ0) is 15.3. The average molecular weight is 370 g/mol. The van der Waals surface area contributed by atoms with E-state index in [1.165, 1.54) is 6.42 Å². The molecule has 138 valence electrons. The molecule has 2 saturated heterocycles. The largest absolute Gasteiger partial charge is 0.381 e. The molecule has 0 spiro atoms. The first-order chi connectivity index (χ1) is 10.1. The van der Waals surface area contributed by atoms with Gasteiger partial charge in [0.25, 0.3) is 0 Å². The molecule has 0 radical (unpaired) electrons. The fourth-order valence-electron chi connectivity index (χ4n) is 3.68. The molecule has 1 atom stereocenters. The molecule has 0 aromatic heterocycles. The molecule has 2 rings (SSSR count). The van der Waals surface area contributed by atoms with Crippen molar-refractivity contribution in [3.8, 4) is 0 Å². The van der Waals surface area contributed by atoms with Gasteiger partial charge in [0.05, 0.1) is 5.41 Å². The van der Waals surface area contributed by atoms with Crippen molar-refractivity contribution in [2.24, 2.45) is 17.1 Å². The summed E-state index contributed by atoms with van der Waals surface area (Å²) in [7, 11) is 2.17. The van der Waals surface area contributed by atoms with Gasteiger partial charge in [-0.3, -0.25) is 4.79 Å². The van der Waals surface area contributed by atoms with E-state index in [0.717, 1.165) is 45.4 Å². The van der Waals surface area contributed by atoms with E-state index in [1.807, 2.05) is 0 Å². The van der Waals surface area contributed by atoms with Crippen molar-refractivity contribution in [2.45, 2.75) is 32.6 Å². The number of nitrogens with two attached hydrogens (primary N) is 1. The summed E-state index contributed by atoms with van der Waals surface area (Å²) in [6, 6.07) is 0. The van der Waals surface area contributed by atoms with Crippen LogP contribution in [0.3, 0.4) is 0 Å². The van der Waals surface area contributed by atoms with E-state index < -0.39 is 0 Å². The van der Waals surface area contributed by atoms with Gasteiger partial charge >= 0.3 is 0 Å². The number of carbonyl (C=O) groups is 1. The molecule has 2 fully saturated rings. The predicted octanol–water partition coefficient (Wildman–Crippen LogP) is 1.78. The minimum Gasteiger partial charge on any atom is -0.381 e. The summed E-state index contributed by atoms with van der Waals surface area (Å²) in [6.45, 7) is 8.01. The fourth-order valence-corrected chi connectivity index (χ4v) is 3.68. The van der Waals surface area contributed by atoms with Gasteiger partial charge in [-0.15, -0.1) is 24.8 Å². The van der Waals surface area contributed by atoms with Crippen LogP contribution in [0.25, 0.3) is 0 Å². The molecule has 0 aromatic carbocycles. The van der Waals surface area contributed by atoms with Crippen LogP contribution in [0.15, 0.2) is 0 Å². The van der Waals surface area contributed by atoms with Crippen LogP contribution in [0.5, 0.6) is 0 Å². The molecule has 0 aliphatic carbocycles. The highest BCUT2D eigenvalue weighted by atomic mass is 35.5. The van der Waals surface area contributed by atoms with Crippen LogP contribution in [0, 0.1) is 11.3 Å². The summed E-state index contributed by atoms with van der Waals surface area (Å²) in [6.07, 6.45) is 3.86. The maximum absolute atomic E-state index is 12.9. The van der Waals surface area contributed by atoms with Gasteiger partial charge in [0, 0.05) is 39.4 Å². The van der Waals surface area contributed by atoms with Crippen molar-refractivity contribution >= 4 is 30.7 Å². The SMILES string of the molecule is CCCN(C)CC1CCN(C(=O)C2(CN)CCOCC2)C1.Cl.Cl. The number of ether oxygens (including phenoxy) is 1. The summed E-state index contributed by atoms with van der Waals surface area (Å²) in [4.78, 5) is 17.3. The van der Waals surface area contributed by atoms with Crippen LogP contribution in [-0.2, 0) is 9.53 Å². The van der Waals surface area contributed by atoms with Crippen LogP contribution in [-0.4, -0.2) is 68.7 Å². The van der Waals surface area contributed by atoms with E-state index in [9.17, 15) is 4.79 Å². The third kappa shape index (κ3) is 5.75. The quantitative estimate of drug-likeness (QED) is 0.774. The van der Waals surface area contributed by atoms with Gasteiger partial charge in [0.15, 0.2) is 0 Å². The second-order valence-electron chi connectivity index (χ2n) is 6.76. The van der Waals surface area contributed by atoms with Crippen molar-refractivity contribution < 1.29 is 9.53 Å². The highest BCUT2D eigenvalue weighted by Crippen LogP contribution is 2.33. The molecule has 0 bridgehead atoms. The number of likely N-dealkylation sites (tertiary alicyclic amines) is 1. The predicted molar refractivity (Wildman–Crippen MR) is 98.5 cm³/mol. The minimum absolute atomic E-state index is 0. The van der Waals surface area contributed by atoms with Crippen LogP contribution in [0.4, 0.5) is 0 Å². The van der Waals surface area contributed by atoms with Crippen LogP contribution >= 0.6 is 24.8 Å². The van der Waals surface area contributed by atoms with Crippen molar-refractivity contribution in [1.82, 2.24) is 9.80 Å². The minimum atomic E-state index is -0.359. The third-order valence-electron chi connectivity index (χ3n) is 5.04. The Kier molecular flexibility index (Phi) is 10.7. The maximum atomic E-state index is 12.9. The zero-order valence-electron chi connectivity index (χ0n) is 14.5. The Balaban J connectivity index is 0.00000242. The van der Waals surface area contributed by atoms with Crippen molar-refractivity contribution in [1.29, 1.82) is 0 Å². The van der Waals surface area contributed by atoms with E-state index in [-0.39, 0.29) is 36.1 Å². The molecule has 0 saturated carbocycles. The molecule has 2 N–H and O–H groups in total. The van der Waals surface area contributed by atoms with Crippen molar-refractivity contribution in [2.75, 3.05) is 53.0 Å². The lowest BCUT2D eigenvalue weighted by Crippen LogP contribution is -2.50. The van der Waals surface area contributed by atoms with E-state index in [0.29, 0.717) is 25.7 Å². The standard InChI is InChI=1S/C16H31N3O2.2ClH/c1-3-7-18(2)11-14-4-8-19(12-14)15(20)16(13-17)5-9-21-10-6-16;;/h14H,3-13,17H2,1-2H3;2*1H. The van der Waals surface area contributed by atoms with E-state index >= 15 is 0 Å². The number of amides is 1. The lowest BCUT2D eigenvalue weighted by molar-refractivity contribution is -0.146. The summed E-state index contributed by atoms with van der Waals surface area (Å²) in [5.74, 6) is 0.883. The molecule has 7 heteroatoms. The monoisotopic (exact) mass is 369 g/mol. The summed E-state index contributed by atoms with van der Waals surface area (Å²) >= 11 is 0. The summed E-state index contributed by atoms with van der Waals surface area (Å²) in [5.41, 5.74) is 5.59. The van der Waals surface area contributed by atoms with Crippen LogP contribution in [0.2, 0.25) is 0 Å². The normalized spacial score (nSPS) is 23.3. The van der Waals surface area contributed by atoms with Gasteiger partial charge in [-0.25, -0.2) is 0 Å². The second-order valence-corrected chi connectivity index (χ2v) is 6.76. The maximum Gasteiger partial charge on any atom is 0.230 e. The lowest BCUT2D eigenvalue weighted by atomic mass is 9.79. The van der Waals surface area contributed by atoms with E-state index in [2.05, 4.69) is 23.8 Å². The molecule has 5 nitrogen and oxygen atoms in total. The van der Waals surface area contributed by atoms with Gasteiger partial charge in [-0.05, 0) is 45.2 Å². The van der Waals surface area contributed by atoms with E-state index in [1.54, 1.807) is 0 Å². The molecule has 2 aliphatic rings.